The summed E-state index contributed by atoms with van der Waals surface area (Å²) in [7, 11) is 0. The summed E-state index contributed by atoms with van der Waals surface area (Å²) in [5.41, 5.74) is 1.04. The second kappa shape index (κ2) is 5.83. The molecule has 0 spiro atoms. The van der Waals surface area contributed by atoms with E-state index in [0.29, 0.717) is 5.75 Å². The first-order chi connectivity index (χ1) is 9.70. The second-order valence-corrected chi connectivity index (χ2v) is 6.59. The summed E-state index contributed by atoms with van der Waals surface area (Å²) in [5.74, 6) is 0.661. The number of aliphatic hydroxyl groups is 1. The fourth-order valence-electron chi connectivity index (χ4n) is 1.78. The molecule has 1 unspecified atom stereocenters. The van der Waals surface area contributed by atoms with E-state index < -0.39 is 6.29 Å². The lowest BCUT2D eigenvalue weighted by Crippen LogP contribution is -2.09. The largest absolute Gasteiger partial charge is 0.465 e. The summed E-state index contributed by atoms with van der Waals surface area (Å²) in [6, 6.07) is 15.8. The summed E-state index contributed by atoms with van der Waals surface area (Å²) in [4.78, 5) is 5.69. The Bertz CT molecular complexity index is 674. The van der Waals surface area contributed by atoms with Gasteiger partial charge in [0.2, 0.25) is 0 Å². The third-order valence-corrected chi connectivity index (χ3v) is 4.71. The lowest BCUT2D eigenvalue weighted by atomic mass is 10.3. The van der Waals surface area contributed by atoms with E-state index in [2.05, 4.69) is 11.1 Å². The van der Waals surface area contributed by atoms with Crippen molar-refractivity contribution >= 4 is 33.3 Å². The zero-order chi connectivity index (χ0) is 13.9. The molecule has 0 bridgehead atoms. The Morgan fingerprint density at radius 2 is 1.90 bits per heavy atom. The summed E-state index contributed by atoms with van der Waals surface area (Å²) in [6.07, 6.45) is -0.794. The highest BCUT2D eigenvalue weighted by molar-refractivity contribution is 8.01. The Morgan fingerprint density at radius 3 is 2.60 bits per heavy atom. The van der Waals surface area contributed by atoms with Crippen LogP contribution in [-0.2, 0) is 0 Å². The van der Waals surface area contributed by atoms with Crippen LogP contribution in [0.2, 0.25) is 0 Å². The lowest BCUT2D eigenvalue weighted by Gasteiger charge is -2.08. The van der Waals surface area contributed by atoms with Gasteiger partial charge in [-0.2, -0.15) is 0 Å². The average molecular weight is 303 g/mol. The molecule has 3 aromatic rings. The number of ether oxygens (including phenoxy) is 1. The molecule has 1 N–H and O–H groups in total. The highest BCUT2D eigenvalue weighted by Gasteiger charge is 2.05. The number of fused-ring (bicyclic) bond motifs is 1. The first-order valence-corrected chi connectivity index (χ1v) is 7.82. The normalized spacial score (nSPS) is 12.5. The molecule has 0 amide bonds. The minimum absolute atomic E-state index is 0.661. The smallest absolute Gasteiger partial charge is 0.194 e. The Labute approximate surface area is 125 Å². The van der Waals surface area contributed by atoms with Crippen molar-refractivity contribution in [2.45, 2.75) is 22.4 Å². The number of rotatable bonds is 4. The van der Waals surface area contributed by atoms with Crippen molar-refractivity contribution in [1.82, 2.24) is 4.98 Å². The zero-order valence-corrected chi connectivity index (χ0v) is 12.4. The van der Waals surface area contributed by atoms with Gasteiger partial charge in [-0.1, -0.05) is 23.9 Å². The van der Waals surface area contributed by atoms with E-state index in [1.807, 2.05) is 42.5 Å². The second-order valence-electron chi connectivity index (χ2n) is 4.24. The molecule has 0 aliphatic carbocycles. The monoisotopic (exact) mass is 303 g/mol. The minimum atomic E-state index is -0.794. The van der Waals surface area contributed by atoms with Gasteiger partial charge < -0.3 is 9.84 Å². The highest BCUT2D eigenvalue weighted by Crippen LogP contribution is 2.34. The number of nitrogens with zero attached hydrogens (tertiary/aromatic N) is 1. The van der Waals surface area contributed by atoms with Crippen molar-refractivity contribution in [2.24, 2.45) is 0 Å². The molecule has 0 aliphatic rings. The van der Waals surface area contributed by atoms with E-state index in [4.69, 9.17) is 9.84 Å². The van der Waals surface area contributed by atoms with Crippen LogP contribution in [0.15, 0.2) is 57.8 Å². The van der Waals surface area contributed by atoms with E-state index in [1.165, 1.54) is 4.70 Å². The Kier molecular flexibility index (Phi) is 3.91. The molecular weight excluding hydrogens is 290 g/mol. The van der Waals surface area contributed by atoms with E-state index in [-0.39, 0.29) is 0 Å². The summed E-state index contributed by atoms with van der Waals surface area (Å²) in [5, 5.41) is 9.16. The van der Waals surface area contributed by atoms with Gasteiger partial charge in [0, 0.05) is 4.90 Å². The van der Waals surface area contributed by atoms with Crippen molar-refractivity contribution in [2.75, 3.05) is 0 Å². The molecule has 2 aromatic carbocycles. The molecule has 102 valence electrons. The molecule has 0 aliphatic heterocycles. The quantitative estimate of drug-likeness (QED) is 0.735. The first kappa shape index (κ1) is 13.4. The molecule has 0 saturated heterocycles. The number of benzene rings is 2. The third-order valence-electron chi connectivity index (χ3n) is 2.61. The van der Waals surface area contributed by atoms with Crippen LogP contribution in [-0.4, -0.2) is 16.4 Å². The molecule has 20 heavy (non-hydrogen) atoms. The minimum Gasteiger partial charge on any atom is -0.465 e. The maximum Gasteiger partial charge on any atom is 0.194 e. The molecule has 3 rings (SSSR count). The lowest BCUT2D eigenvalue weighted by molar-refractivity contribution is -0.000324. The molecule has 1 atom stereocenters. The van der Waals surface area contributed by atoms with Gasteiger partial charge in [-0.05, 0) is 43.3 Å². The predicted molar refractivity (Wildman–Crippen MR) is 82.5 cm³/mol. The number of aliphatic hydroxyl groups excluding tert-OH is 1. The van der Waals surface area contributed by atoms with Crippen LogP contribution in [0.25, 0.3) is 10.2 Å². The van der Waals surface area contributed by atoms with E-state index >= 15 is 0 Å². The molecule has 0 radical (unpaired) electrons. The number of thiazole rings is 1. The van der Waals surface area contributed by atoms with Gasteiger partial charge in [-0.3, -0.25) is 0 Å². The molecule has 0 saturated carbocycles. The molecular formula is C15H13NO2S2. The van der Waals surface area contributed by atoms with Crippen LogP contribution in [0.1, 0.15) is 6.92 Å². The standard InChI is InChI=1S/C15H13NO2S2/c1-10(17)18-11-6-8-12(9-7-11)19-15-16-13-4-2-3-5-14(13)20-15/h2-10,17H,1H3. The van der Waals surface area contributed by atoms with Gasteiger partial charge in [0.15, 0.2) is 10.6 Å². The first-order valence-electron chi connectivity index (χ1n) is 6.19. The maximum absolute atomic E-state index is 9.16. The molecule has 3 nitrogen and oxygen atoms in total. The molecule has 5 heteroatoms. The van der Waals surface area contributed by atoms with Crippen molar-refractivity contribution in [3.63, 3.8) is 0 Å². The summed E-state index contributed by atoms with van der Waals surface area (Å²) < 4.78 is 7.42. The van der Waals surface area contributed by atoms with Crippen LogP contribution in [0, 0.1) is 0 Å². The number of aromatic nitrogens is 1. The van der Waals surface area contributed by atoms with Crippen LogP contribution in [0.3, 0.4) is 0 Å². The Morgan fingerprint density at radius 1 is 1.15 bits per heavy atom. The van der Waals surface area contributed by atoms with Crippen LogP contribution in [0.5, 0.6) is 5.75 Å². The van der Waals surface area contributed by atoms with E-state index in [0.717, 1.165) is 14.8 Å². The number of hydrogen-bond acceptors (Lipinski definition) is 5. The molecule has 1 heterocycles. The predicted octanol–water partition coefficient (Wildman–Crippen LogP) is 4.16. The van der Waals surface area contributed by atoms with Gasteiger partial charge in [0.25, 0.3) is 0 Å². The maximum atomic E-state index is 9.16. The van der Waals surface area contributed by atoms with Gasteiger partial charge in [-0.15, -0.1) is 11.3 Å². The average Bonchev–Trinajstić information content (AvgIpc) is 2.82. The van der Waals surface area contributed by atoms with Gasteiger partial charge in [0.05, 0.1) is 10.2 Å². The molecule has 1 aromatic heterocycles. The number of hydrogen-bond donors (Lipinski definition) is 1. The number of para-hydroxylation sites is 1. The SMILES string of the molecule is CC(O)Oc1ccc(Sc2nc3ccccc3s2)cc1. The zero-order valence-electron chi connectivity index (χ0n) is 10.8. The Hall–Kier alpha value is -1.56. The van der Waals surface area contributed by atoms with Crippen molar-refractivity contribution in [3.8, 4) is 5.75 Å². The van der Waals surface area contributed by atoms with Gasteiger partial charge >= 0.3 is 0 Å². The fourth-order valence-corrected chi connectivity index (χ4v) is 3.82. The molecule has 0 fully saturated rings. The van der Waals surface area contributed by atoms with Crippen LogP contribution in [0.4, 0.5) is 0 Å². The van der Waals surface area contributed by atoms with Crippen molar-refractivity contribution in [1.29, 1.82) is 0 Å². The topological polar surface area (TPSA) is 42.4 Å². The van der Waals surface area contributed by atoms with E-state index in [9.17, 15) is 0 Å². The van der Waals surface area contributed by atoms with Crippen LogP contribution < -0.4 is 4.74 Å². The van der Waals surface area contributed by atoms with Crippen molar-refractivity contribution in [3.05, 3.63) is 48.5 Å². The van der Waals surface area contributed by atoms with Gasteiger partial charge in [-0.25, -0.2) is 4.98 Å². The van der Waals surface area contributed by atoms with Crippen LogP contribution >= 0.6 is 23.1 Å². The van der Waals surface area contributed by atoms with E-state index in [1.54, 1.807) is 30.0 Å². The Balaban J connectivity index is 1.76. The van der Waals surface area contributed by atoms with Gasteiger partial charge in [0.1, 0.15) is 5.75 Å². The highest BCUT2D eigenvalue weighted by atomic mass is 32.2. The fraction of sp³-hybridized carbons (Fsp3) is 0.133. The van der Waals surface area contributed by atoms with Crippen molar-refractivity contribution < 1.29 is 9.84 Å². The summed E-state index contributed by atoms with van der Waals surface area (Å²) in [6.45, 7) is 1.59. The third kappa shape index (κ3) is 3.12. The summed E-state index contributed by atoms with van der Waals surface area (Å²) >= 11 is 3.32.